The maximum absolute atomic E-state index is 13.0. The minimum atomic E-state index is -3.22. The van der Waals surface area contributed by atoms with E-state index in [0.717, 1.165) is 0 Å². The van der Waals surface area contributed by atoms with Crippen molar-refractivity contribution in [3.8, 4) is 0 Å². The molecule has 0 aromatic carbocycles. The minimum absolute atomic E-state index is 0.115. The van der Waals surface area contributed by atoms with E-state index in [4.69, 9.17) is 5.11 Å². The Morgan fingerprint density at radius 1 is 1.38 bits per heavy atom. The summed E-state index contributed by atoms with van der Waals surface area (Å²) in [5, 5.41) is 8.30. The molecule has 2 unspecified atom stereocenters. The van der Waals surface area contributed by atoms with Gasteiger partial charge in [-0.1, -0.05) is 0 Å². The van der Waals surface area contributed by atoms with Gasteiger partial charge >= 0.3 is 0 Å². The van der Waals surface area contributed by atoms with Crippen LogP contribution in [0, 0.1) is 0 Å². The quantitative estimate of drug-likeness (QED) is 0.642. The Kier molecular flexibility index (Phi) is 2.42. The van der Waals surface area contributed by atoms with Crippen molar-refractivity contribution in [3.63, 3.8) is 0 Å². The molecule has 74 valence electrons. The van der Waals surface area contributed by atoms with Gasteiger partial charge in [-0.3, -0.25) is 0 Å². The molecule has 0 bridgehead atoms. The van der Waals surface area contributed by atoms with Crippen LogP contribution in [0.25, 0.3) is 0 Å². The van der Waals surface area contributed by atoms with Crippen molar-refractivity contribution < 1.29 is 27.1 Å². The third kappa shape index (κ3) is 1.46. The van der Waals surface area contributed by atoms with E-state index >= 15 is 0 Å². The van der Waals surface area contributed by atoms with Gasteiger partial charge in [-0.15, -0.1) is 0 Å². The van der Waals surface area contributed by atoms with Gasteiger partial charge in [0.1, 0.15) is 0 Å². The largest absolute Gasteiger partial charge is 0.393 e. The standard InChI is InChI=1S/C7H5F5O/c8-3-1-7(12,2-13)6(11)5(10)4(3)9/h1,6,13H,2H2. The van der Waals surface area contributed by atoms with Gasteiger partial charge in [0.15, 0.2) is 29.3 Å². The predicted molar refractivity (Wildman–Crippen MR) is 34.3 cm³/mol. The molecule has 13 heavy (non-hydrogen) atoms. The van der Waals surface area contributed by atoms with Crippen LogP contribution in [0.3, 0.4) is 0 Å². The fourth-order valence-electron chi connectivity index (χ4n) is 0.909. The van der Waals surface area contributed by atoms with Crippen molar-refractivity contribution in [2.24, 2.45) is 0 Å². The molecule has 0 heterocycles. The van der Waals surface area contributed by atoms with E-state index in [2.05, 4.69) is 0 Å². The molecule has 0 spiro atoms. The summed E-state index contributed by atoms with van der Waals surface area (Å²) in [6.07, 6.45) is -3.12. The maximum atomic E-state index is 13.0. The molecule has 1 aliphatic carbocycles. The Hall–Kier alpha value is -0.910. The lowest BCUT2D eigenvalue weighted by molar-refractivity contribution is 0.0352. The van der Waals surface area contributed by atoms with Crippen LogP contribution in [0.2, 0.25) is 0 Å². The second-order valence-electron chi connectivity index (χ2n) is 2.60. The molecule has 1 rings (SSSR count). The monoisotopic (exact) mass is 200 g/mol. The molecule has 1 aliphatic rings. The van der Waals surface area contributed by atoms with Gasteiger partial charge in [0, 0.05) is 0 Å². The van der Waals surface area contributed by atoms with Crippen LogP contribution in [-0.2, 0) is 0 Å². The second-order valence-corrected chi connectivity index (χ2v) is 2.60. The SMILES string of the molecule is OCC1(F)C=C(F)C(F)=C(F)C1F. The minimum Gasteiger partial charge on any atom is -0.393 e. The normalized spacial score (nSPS) is 34.9. The van der Waals surface area contributed by atoms with Gasteiger partial charge in [-0.05, 0) is 6.08 Å². The van der Waals surface area contributed by atoms with E-state index in [1.807, 2.05) is 0 Å². The van der Waals surface area contributed by atoms with E-state index in [-0.39, 0.29) is 6.08 Å². The summed E-state index contributed by atoms with van der Waals surface area (Å²) in [7, 11) is 0. The summed E-state index contributed by atoms with van der Waals surface area (Å²) in [5.74, 6) is -6.08. The molecular weight excluding hydrogens is 195 g/mol. The average Bonchev–Trinajstić information content (AvgIpc) is 2.12. The Bertz CT molecular complexity index is 285. The summed E-state index contributed by atoms with van der Waals surface area (Å²) in [6.45, 7) is -1.46. The number of allylic oxidation sites excluding steroid dienone is 3. The fourth-order valence-corrected chi connectivity index (χ4v) is 0.909. The summed E-state index contributed by atoms with van der Waals surface area (Å²) in [5.41, 5.74) is -3.22. The van der Waals surface area contributed by atoms with Crippen LogP contribution >= 0.6 is 0 Å². The Balaban J connectivity index is 3.14. The zero-order valence-electron chi connectivity index (χ0n) is 6.20. The number of aliphatic hydroxyl groups is 1. The fraction of sp³-hybridized carbons (Fsp3) is 0.429. The number of alkyl halides is 2. The smallest absolute Gasteiger partial charge is 0.194 e. The van der Waals surface area contributed by atoms with Crippen molar-refractivity contribution in [2.75, 3.05) is 6.61 Å². The lowest BCUT2D eigenvalue weighted by atomic mass is 9.94. The molecule has 0 saturated heterocycles. The van der Waals surface area contributed by atoms with Gasteiger partial charge in [0.25, 0.3) is 0 Å². The molecule has 6 heteroatoms. The summed E-state index contributed by atoms with van der Waals surface area (Å²) >= 11 is 0. The molecule has 0 saturated carbocycles. The molecule has 0 aromatic rings. The number of hydrogen-bond acceptors (Lipinski definition) is 1. The van der Waals surface area contributed by atoms with Crippen LogP contribution in [-0.4, -0.2) is 23.6 Å². The zero-order valence-corrected chi connectivity index (χ0v) is 6.20. The highest BCUT2D eigenvalue weighted by Gasteiger charge is 2.46. The Labute approximate surface area is 70.2 Å². The first-order valence-corrected chi connectivity index (χ1v) is 3.30. The van der Waals surface area contributed by atoms with Gasteiger partial charge in [0.2, 0.25) is 0 Å². The van der Waals surface area contributed by atoms with Crippen molar-refractivity contribution in [2.45, 2.75) is 11.8 Å². The third-order valence-electron chi connectivity index (χ3n) is 1.67. The van der Waals surface area contributed by atoms with Crippen LogP contribution < -0.4 is 0 Å². The van der Waals surface area contributed by atoms with Crippen molar-refractivity contribution in [1.29, 1.82) is 0 Å². The summed E-state index contributed by atoms with van der Waals surface area (Å²) in [6, 6.07) is 0. The number of aliphatic hydroxyl groups excluding tert-OH is 1. The second kappa shape index (κ2) is 3.10. The van der Waals surface area contributed by atoms with E-state index in [9.17, 15) is 22.0 Å². The maximum Gasteiger partial charge on any atom is 0.194 e. The van der Waals surface area contributed by atoms with Crippen LogP contribution in [0.4, 0.5) is 22.0 Å². The van der Waals surface area contributed by atoms with E-state index in [1.54, 1.807) is 0 Å². The van der Waals surface area contributed by atoms with Crippen LogP contribution in [0.15, 0.2) is 23.6 Å². The lowest BCUT2D eigenvalue weighted by Crippen LogP contribution is -2.39. The molecule has 0 amide bonds. The zero-order chi connectivity index (χ0) is 10.2. The molecular formula is C7H5F5O. The number of halogens is 5. The van der Waals surface area contributed by atoms with Crippen molar-refractivity contribution in [1.82, 2.24) is 0 Å². The number of rotatable bonds is 1. The van der Waals surface area contributed by atoms with Crippen molar-refractivity contribution in [3.05, 3.63) is 23.6 Å². The highest BCUT2D eigenvalue weighted by molar-refractivity contribution is 5.35. The highest BCUT2D eigenvalue weighted by atomic mass is 19.2. The molecule has 0 aliphatic heterocycles. The summed E-state index contributed by atoms with van der Waals surface area (Å²) in [4.78, 5) is 0. The molecule has 0 aromatic heterocycles. The summed E-state index contributed by atoms with van der Waals surface area (Å²) < 4.78 is 62.6. The van der Waals surface area contributed by atoms with Crippen molar-refractivity contribution >= 4 is 0 Å². The first-order valence-electron chi connectivity index (χ1n) is 3.30. The highest BCUT2D eigenvalue weighted by Crippen LogP contribution is 2.38. The Morgan fingerprint density at radius 2 is 1.92 bits per heavy atom. The molecule has 1 N–H and O–H groups in total. The predicted octanol–water partition coefficient (Wildman–Crippen LogP) is 2.04. The molecule has 0 radical (unpaired) electrons. The van der Waals surface area contributed by atoms with E-state index < -0.39 is 35.9 Å². The topological polar surface area (TPSA) is 20.2 Å². The number of hydrogen-bond donors (Lipinski definition) is 1. The first-order chi connectivity index (χ1) is 5.92. The van der Waals surface area contributed by atoms with E-state index in [0.29, 0.717) is 0 Å². The van der Waals surface area contributed by atoms with Gasteiger partial charge < -0.3 is 5.11 Å². The van der Waals surface area contributed by atoms with Crippen LogP contribution in [0.1, 0.15) is 0 Å². The lowest BCUT2D eigenvalue weighted by Gasteiger charge is -2.25. The van der Waals surface area contributed by atoms with Gasteiger partial charge in [-0.2, -0.15) is 0 Å². The first kappa shape index (κ1) is 10.2. The average molecular weight is 200 g/mol. The van der Waals surface area contributed by atoms with Gasteiger partial charge in [0.05, 0.1) is 6.61 Å². The molecule has 0 fully saturated rings. The molecule has 1 nitrogen and oxygen atoms in total. The van der Waals surface area contributed by atoms with Gasteiger partial charge in [-0.25, -0.2) is 22.0 Å². The van der Waals surface area contributed by atoms with Crippen LogP contribution in [0.5, 0.6) is 0 Å². The van der Waals surface area contributed by atoms with E-state index in [1.165, 1.54) is 0 Å². The molecule has 2 atom stereocenters. The Morgan fingerprint density at radius 3 is 2.38 bits per heavy atom. The third-order valence-corrected chi connectivity index (χ3v) is 1.67.